The lowest BCUT2D eigenvalue weighted by molar-refractivity contribution is -0.372. The first-order valence-corrected chi connectivity index (χ1v) is 18.7. The second-order valence-electron chi connectivity index (χ2n) is 14.7. The molecule has 322 valence electrons. The number of carbonyl (C=O) groups is 1. The van der Waals surface area contributed by atoms with E-state index in [1.807, 2.05) is 0 Å². The van der Waals surface area contributed by atoms with Crippen molar-refractivity contribution in [2.45, 2.75) is 123 Å². The summed E-state index contributed by atoms with van der Waals surface area (Å²) in [6, 6.07) is 12.3. The van der Waals surface area contributed by atoms with Gasteiger partial charge in [0, 0.05) is 11.1 Å². The standard InChI is InChI=1S/C38H51NO19/c1-15-23(39-20-11-18(12-40)25(44)28(47)26(20)45)27(46)31(50)36(53-15)57-34-22(14-42)56-38(33(52)30(34)49)58-35-21(13-41)55-37(32(51)29(35)48)54-19-9-7-17(8-10-19)24(43)16-5-3-2-4-6-16/h2-11,15,20-23,25-42,44-52H,12-14H2,1H3. The van der Waals surface area contributed by atoms with Crippen molar-refractivity contribution in [2.75, 3.05) is 19.8 Å². The van der Waals surface area contributed by atoms with Crippen molar-refractivity contribution >= 4 is 5.78 Å². The zero-order chi connectivity index (χ0) is 42.0. The maximum Gasteiger partial charge on any atom is 0.229 e. The van der Waals surface area contributed by atoms with Gasteiger partial charge in [-0.3, -0.25) is 4.79 Å². The number of ketones is 1. The van der Waals surface area contributed by atoms with E-state index in [-0.39, 0.29) is 17.1 Å². The van der Waals surface area contributed by atoms with Crippen molar-refractivity contribution in [3.63, 3.8) is 0 Å². The molecule has 3 aliphatic heterocycles. The van der Waals surface area contributed by atoms with E-state index >= 15 is 0 Å². The molecule has 20 heteroatoms. The lowest BCUT2D eigenvalue weighted by atomic mass is 9.86. The Balaban J connectivity index is 1.06. The predicted octanol–water partition coefficient (Wildman–Crippen LogP) is -5.25. The van der Waals surface area contributed by atoms with Crippen LogP contribution < -0.4 is 10.1 Å². The third kappa shape index (κ3) is 9.15. The summed E-state index contributed by atoms with van der Waals surface area (Å²) in [5, 5.41) is 130. The molecule has 58 heavy (non-hydrogen) atoms. The second kappa shape index (κ2) is 19.1. The molecule has 19 atom stereocenters. The normalized spacial score (nSPS) is 42.1. The molecule has 13 N–H and O–H groups in total. The number of carbonyl (C=O) groups excluding carboxylic acids is 1. The van der Waals surface area contributed by atoms with Gasteiger partial charge in [-0.2, -0.15) is 0 Å². The molecule has 3 saturated heterocycles. The molecule has 20 nitrogen and oxygen atoms in total. The van der Waals surface area contributed by atoms with Crippen molar-refractivity contribution in [1.29, 1.82) is 0 Å². The molecule has 0 radical (unpaired) electrons. The summed E-state index contributed by atoms with van der Waals surface area (Å²) >= 11 is 0. The number of aliphatic hydroxyl groups is 12. The zero-order valence-corrected chi connectivity index (χ0v) is 31.1. The minimum atomic E-state index is -1.97. The molecule has 0 spiro atoms. The quantitative estimate of drug-likeness (QED) is 0.0663. The third-order valence-corrected chi connectivity index (χ3v) is 10.9. The van der Waals surface area contributed by atoms with Gasteiger partial charge in [0.25, 0.3) is 0 Å². The SMILES string of the molecule is CC1OC(OC2C(CO)OC(OC3C(CO)OC(Oc4ccc(C(=O)c5ccccc5)cc4)C(O)C3O)C(O)C2O)C(O)C(O)C1NC1C=C(CO)C(O)C(O)C1O. The van der Waals surface area contributed by atoms with E-state index in [9.17, 15) is 66.1 Å². The number of ether oxygens (including phenoxy) is 6. The van der Waals surface area contributed by atoms with E-state index in [0.717, 1.165) is 0 Å². The van der Waals surface area contributed by atoms with Gasteiger partial charge in [0.2, 0.25) is 6.29 Å². The van der Waals surface area contributed by atoms with Gasteiger partial charge >= 0.3 is 0 Å². The number of hydrogen-bond acceptors (Lipinski definition) is 20. The molecule has 0 saturated carbocycles. The minimum absolute atomic E-state index is 0.0157. The summed E-state index contributed by atoms with van der Waals surface area (Å²) in [5.41, 5.74) is 0.854. The molecular weight excluding hydrogens is 774 g/mol. The molecule has 19 unspecified atom stereocenters. The molecule has 2 aromatic rings. The van der Waals surface area contributed by atoms with Crippen LogP contribution in [-0.4, -0.2) is 203 Å². The average Bonchev–Trinajstić information content (AvgIpc) is 3.23. The van der Waals surface area contributed by atoms with E-state index in [4.69, 9.17) is 28.4 Å². The van der Waals surface area contributed by atoms with Crippen LogP contribution in [-0.2, 0) is 23.7 Å². The highest BCUT2D eigenvalue weighted by Gasteiger charge is 2.54. The molecule has 3 heterocycles. The average molecular weight is 826 g/mol. The highest BCUT2D eigenvalue weighted by Crippen LogP contribution is 2.34. The zero-order valence-electron chi connectivity index (χ0n) is 31.1. The van der Waals surface area contributed by atoms with Crippen LogP contribution in [0.3, 0.4) is 0 Å². The fourth-order valence-electron chi connectivity index (χ4n) is 7.47. The van der Waals surface area contributed by atoms with Crippen molar-refractivity contribution in [1.82, 2.24) is 5.32 Å². The van der Waals surface area contributed by atoms with Crippen LogP contribution >= 0.6 is 0 Å². The predicted molar refractivity (Wildman–Crippen MR) is 192 cm³/mol. The first-order valence-electron chi connectivity index (χ1n) is 18.7. The monoisotopic (exact) mass is 825 g/mol. The summed E-state index contributed by atoms with van der Waals surface area (Å²) in [5.74, 6) is -0.0778. The van der Waals surface area contributed by atoms with Gasteiger partial charge in [-0.1, -0.05) is 36.4 Å². The Morgan fingerprint density at radius 1 is 0.621 bits per heavy atom. The molecule has 4 aliphatic rings. The van der Waals surface area contributed by atoms with Gasteiger partial charge in [-0.15, -0.1) is 0 Å². The summed E-state index contributed by atoms with van der Waals surface area (Å²) in [6.45, 7) is -0.787. The van der Waals surface area contributed by atoms with Gasteiger partial charge < -0.3 is 95.0 Å². The van der Waals surface area contributed by atoms with Crippen LogP contribution in [0.5, 0.6) is 5.75 Å². The van der Waals surface area contributed by atoms with Crippen LogP contribution in [0, 0.1) is 0 Å². The van der Waals surface area contributed by atoms with Crippen LogP contribution in [0.1, 0.15) is 22.8 Å². The topological polar surface area (TPSA) is 327 Å². The summed E-state index contributed by atoms with van der Waals surface area (Å²) in [6.07, 6.45) is -26.6. The number of hydrogen-bond donors (Lipinski definition) is 13. The second-order valence-corrected chi connectivity index (χ2v) is 14.7. The number of nitrogens with one attached hydrogen (secondary N) is 1. The Labute approximate surface area is 331 Å². The summed E-state index contributed by atoms with van der Waals surface area (Å²) in [4.78, 5) is 12.8. The molecular formula is C38H51NO19. The van der Waals surface area contributed by atoms with Crippen molar-refractivity contribution < 1.29 is 94.5 Å². The molecule has 0 aromatic heterocycles. The molecule has 6 rings (SSSR count). The number of rotatable bonds is 13. The highest BCUT2D eigenvalue weighted by molar-refractivity contribution is 6.08. The lowest BCUT2D eigenvalue weighted by Crippen LogP contribution is -2.68. The van der Waals surface area contributed by atoms with Crippen LogP contribution in [0.2, 0.25) is 0 Å². The van der Waals surface area contributed by atoms with Crippen molar-refractivity contribution in [3.8, 4) is 5.75 Å². The minimum Gasteiger partial charge on any atom is -0.462 e. The number of benzene rings is 2. The highest BCUT2D eigenvalue weighted by atomic mass is 16.8. The van der Waals surface area contributed by atoms with Gasteiger partial charge in [0.15, 0.2) is 18.4 Å². The fourth-order valence-corrected chi connectivity index (χ4v) is 7.47. The lowest BCUT2D eigenvalue weighted by Gasteiger charge is -2.48. The largest absolute Gasteiger partial charge is 0.462 e. The molecule has 1 aliphatic carbocycles. The van der Waals surface area contributed by atoms with Crippen molar-refractivity contribution in [2.24, 2.45) is 0 Å². The van der Waals surface area contributed by atoms with E-state index in [1.54, 1.807) is 30.3 Å². The first kappa shape index (κ1) is 44.5. The van der Waals surface area contributed by atoms with E-state index in [2.05, 4.69) is 5.32 Å². The van der Waals surface area contributed by atoms with Crippen LogP contribution in [0.4, 0.5) is 0 Å². The van der Waals surface area contributed by atoms with Crippen molar-refractivity contribution in [3.05, 3.63) is 77.4 Å². The Morgan fingerprint density at radius 3 is 1.71 bits per heavy atom. The Bertz CT molecular complexity index is 1670. The summed E-state index contributed by atoms with van der Waals surface area (Å²) < 4.78 is 34.4. The van der Waals surface area contributed by atoms with Gasteiger partial charge in [-0.25, -0.2) is 0 Å². The fraction of sp³-hybridized carbons (Fsp3) is 0.605. The molecule has 3 fully saturated rings. The smallest absolute Gasteiger partial charge is 0.229 e. The first-order chi connectivity index (χ1) is 27.7. The van der Waals surface area contributed by atoms with E-state index in [1.165, 1.54) is 37.3 Å². The summed E-state index contributed by atoms with van der Waals surface area (Å²) in [7, 11) is 0. The molecule has 0 bridgehead atoms. The van der Waals surface area contributed by atoms with Gasteiger partial charge in [0.05, 0.1) is 38.0 Å². The molecule has 0 amide bonds. The van der Waals surface area contributed by atoms with E-state index in [0.29, 0.717) is 11.1 Å². The van der Waals surface area contributed by atoms with Gasteiger partial charge in [-0.05, 0) is 36.8 Å². The molecule has 2 aromatic carbocycles. The third-order valence-electron chi connectivity index (χ3n) is 10.9. The maximum atomic E-state index is 12.8. The Morgan fingerprint density at radius 2 is 1.14 bits per heavy atom. The Hall–Kier alpha value is -3.07. The van der Waals surface area contributed by atoms with Crippen LogP contribution in [0.15, 0.2) is 66.2 Å². The van der Waals surface area contributed by atoms with E-state index < -0.39 is 136 Å². The Kier molecular flexibility index (Phi) is 14.7. The maximum absolute atomic E-state index is 12.8. The van der Waals surface area contributed by atoms with Crippen LogP contribution in [0.25, 0.3) is 0 Å². The number of aliphatic hydroxyl groups excluding tert-OH is 12. The van der Waals surface area contributed by atoms with Gasteiger partial charge in [0.1, 0.15) is 85.1 Å².